The number of aliphatic imine (C=N–C) groups is 1. The highest BCUT2D eigenvalue weighted by molar-refractivity contribution is 8.13. The summed E-state index contributed by atoms with van der Waals surface area (Å²) in [6.07, 6.45) is 0. The number of guanidine groups is 1. The van der Waals surface area contributed by atoms with Crippen molar-refractivity contribution in [3.8, 4) is 11.4 Å². The summed E-state index contributed by atoms with van der Waals surface area (Å²) >= 11 is 2.67. The Hall–Kier alpha value is -1.87. The van der Waals surface area contributed by atoms with Crippen LogP contribution in [0.25, 0.3) is 11.4 Å². The molecule has 0 aliphatic carbocycles. The average Bonchev–Trinajstić information content (AvgIpc) is 2.96. The molecule has 2 rings (SSSR count). The fourth-order valence-electron chi connectivity index (χ4n) is 1.10. The molecule has 0 saturated heterocycles. The van der Waals surface area contributed by atoms with E-state index in [-0.39, 0.29) is 11.1 Å². The van der Waals surface area contributed by atoms with Crippen LogP contribution in [-0.4, -0.2) is 21.3 Å². The number of amidine groups is 1. The van der Waals surface area contributed by atoms with Crippen molar-refractivity contribution in [3.05, 3.63) is 22.7 Å². The van der Waals surface area contributed by atoms with Crippen LogP contribution in [-0.2, 0) is 5.75 Å². The van der Waals surface area contributed by atoms with Crippen LogP contribution >= 0.6 is 23.1 Å². The summed E-state index contributed by atoms with van der Waals surface area (Å²) in [5, 5.41) is 15.2. The van der Waals surface area contributed by atoms with Crippen LogP contribution in [0.5, 0.6) is 0 Å². The lowest BCUT2D eigenvalue weighted by atomic mass is 10.3. The number of thioether (sulfide) groups is 1. The number of rotatable bonds is 3. The summed E-state index contributed by atoms with van der Waals surface area (Å²) < 4.78 is 5.06. The van der Waals surface area contributed by atoms with Gasteiger partial charge in [-0.25, -0.2) is 0 Å². The Morgan fingerprint density at radius 1 is 1.56 bits per heavy atom. The number of nitrogens with zero attached hydrogens (tertiary/aromatic N) is 3. The topological polar surface area (TPSA) is 127 Å². The van der Waals surface area contributed by atoms with Crippen molar-refractivity contribution in [1.82, 2.24) is 10.1 Å². The maximum atomic E-state index is 7.44. The maximum Gasteiger partial charge on any atom is 0.237 e. The van der Waals surface area contributed by atoms with Crippen LogP contribution in [0.4, 0.5) is 0 Å². The van der Waals surface area contributed by atoms with Crippen LogP contribution in [0, 0.1) is 5.41 Å². The van der Waals surface area contributed by atoms with E-state index in [1.54, 1.807) is 11.3 Å². The van der Waals surface area contributed by atoms with Crippen molar-refractivity contribution in [2.24, 2.45) is 16.5 Å². The molecule has 9 heteroatoms. The van der Waals surface area contributed by atoms with Crippen molar-refractivity contribution in [2.45, 2.75) is 5.75 Å². The molecule has 2 aromatic heterocycles. The molecule has 0 saturated carbocycles. The number of hydrogen-bond acceptors (Lipinski definition) is 6. The van der Waals surface area contributed by atoms with Gasteiger partial charge >= 0.3 is 0 Å². The molecule has 2 aromatic rings. The first-order valence-electron chi connectivity index (χ1n) is 4.81. The minimum Gasteiger partial charge on any atom is -0.370 e. The molecule has 5 N–H and O–H groups in total. The molecule has 0 amide bonds. The van der Waals surface area contributed by atoms with Gasteiger partial charge in [-0.3, -0.25) is 5.41 Å². The second-order valence-corrected chi connectivity index (χ2v) is 4.90. The van der Waals surface area contributed by atoms with E-state index in [1.165, 1.54) is 0 Å². The van der Waals surface area contributed by atoms with E-state index in [0.717, 1.165) is 17.3 Å². The zero-order valence-corrected chi connectivity index (χ0v) is 10.8. The lowest BCUT2D eigenvalue weighted by Gasteiger charge is -1.94. The summed E-state index contributed by atoms with van der Waals surface area (Å²) in [6, 6.07) is 1.91. The molecule has 0 fully saturated rings. The van der Waals surface area contributed by atoms with E-state index in [1.807, 2.05) is 16.8 Å². The molecule has 0 aliphatic rings. The van der Waals surface area contributed by atoms with Gasteiger partial charge in [0.2, 0.25) is 11.7 Å². The molecule has 2 heterocycles. The molecule has 0 bridgehead atoms. The maximum absolute atomic E-state index is 7.44. The van der Waals surface area contributed by atoms with Crippen LogP contribution in [0.1, 0.15) is 5.89 Å². The lowest BCUT2D eigenvalue weighted by molar-refractivity contribution is 0.392. The Balaban J connectivity index is 1.96. The van der Waals surface area contributed by atoms with E-state index in [4.69, 9.17) is 21.4 Å². The second-order valence-electron chi connectivity index (χ2n) is 3.15. The third-order valence-corrected chi connectivity index (χ3v) is 3.25. The largest absolute Gasteiger partial charge is 0.370 e. The fraction of sp³-hybridized carbons (Fsp3) is 0.111. The Kier molecular flexibility index (Phi) is 3.95. The molecule has 7 nitrogen and oxygen atoms in total. The van der Waals surface area contributed by atoms with E-state index in [2.05, 4.69) is 15.1 Å². The van der Waals surface area contributed by atoms with Crippen LogP contribution in [0.2, 0.25) is 0 Å². The number of nitrogens with two attached hydrogens (primary N) is 2. The van der Waals surface area contributed by atoms with Gasteiger partial charge in [-0.1, -0.05) is 16.9 Å². The smallest absolute Gasteiger partial charge is 0.237 e. The summed E-state index contributed by atoms with van der Waals surface area (Å²) in [5.41, 5.74) is 11.2. The van der Waals surface area contributed by atoms with Gasteiger partial charge in [-0.05, 0) is 11.4 Å². The molecule has 0 aliphatic heterocycles. The van der Waals surface area contributed by atoms with E-state index < -0.39 is 0 Å². The number of thiophene rings is 1. The highest BCUT2D eigenvalue weighted by Gasteiger charge is 2.09. The van der Waals surface area contributed by atoms with Crippen molar-refractivity contribution in [2.75, 3.05) is 0 Å². The monoisotopic (exact) mass is 282 g/mol. The predicted molar refractivity (Wildman–Crippen MR) is 72.4 cm³/mol. The summed E-state index contributed by atoms with van der Waals surface area (Å²) in [7, 11) is 0. The number of aromatic nitrogens is 2. The molecular formula is C9H10N6OS2. The second kappa shape index (κ2) is 5.65. The van der Waals surface area contributed by atoms with Crippen LogP contribution < -0.4 is 11.5 Å². The fourth-order valence-corrected chi connectivity index (χ4v) is 2.28. The Morgan fingerprint density at radius 2 is 2.39 bits per heavy atom. The molecule has 0 spiro atoms. The van der Waals surface area contributed by atoms with Gasteiger partial charge in [0, 0.05) is 10.9 Å². The minimum atomic E-state index is -0.142. The van der Waals surface area contributed by atoms with Crippen molar-refractivity contribution in [3.63, 3.8) is 0 Å². The third-order valence-electron chi connectivity index (χ3n) is 1.81. The standard InChI is InChI=1S/C9H10N6OS2/c10-8(11)14-9(12)18-4-6-13-7(15-16-6)5-1-2-17-3-5/h1-3H,4H2,(H5,10,11,12,14). The van der Waals surface area contributed by atoms with Crippen molar-refractivity contribution < 1.29 is 4.52 Å². The highest BCUT2D eigenvalue weighted by Crippen LogP contribution is 2.20. The van der Waals surface area contributed by atoms with Crippen molar-refractivity contribution >= 4 is 34.2 Å². The van der Waals surface area contributed by atoms with Crippen LogP contribution in [0.3, 0.4) is 0 Å². The van der Waals surface area contributed by atoms with E-state index in [0.29, 0.717) is 17.5 Å². The van der Waals surface area contributed by atoms with Gasteiger partial charge in [0.15, 0.2) is 11.1 Å². The van der Waals surface area contributed by atoms with Gasteiger partial charge in [-0.2, -0.15) is 21.3 Å². The SMILES string of the molecule is N=C(N=C(N)N)SCc1nc(-c2ccsc2)no1. The zero-order chi connectivity index (χ0) is 13.0. The number of nitrogens with one attached hydrogen (secondary N) is 1. The number of hydrogen-bond donors (Lipinski definition) is 3. The first-order chi connectivity index (χ1) is 8.65. The lowest BCUT2D eigenvalue weighted by Crippen LogP contribution is -2.23. The predicted octanol–water partition coefficient (Wildman–Crippen LogP) is 1.24. The molecule has 18 heavy (non-hydrogen) atoms. The molecule has 0 atom stereocenters. The molecule has 0 unspecified atom stereocenters. The molecule has 0 aromatic carbocycles. The van der Waals surface area contributed by atoms with E-state index in [9.17, 15) is 0 Å². The Morgan fingerprint density at radius 3 is 3.06 bits per heavy atom. The van der Waals surface area contributed by atoms with Gasteiger partial charge in [-0.15, -0.1) is 0 Å². The Bertz CT molecular complexity index is 557. The Labute approximate surface area is 111 Å². The molecule has 94 valence electrons. The summed E-state index contributed by atoms with van der Waals surface area (Å²) in [5.74, 6) is 1.18. The highest BCUT2D eigenvalue weighted by atomic mass is 32.2. The van der Waals surface area contributed by atoms with Crippen LogP contribution in [0.15, 0.2) is 26.3 Å². The van der Waals surface area contributed by atoms with E-state index >= 15 is 0 Å². The minimum absolute atomic E-state index is 0.00489. The van der Waals surface area contributed by atoms with Gasteiger partial charge < -0.3 is 16.0 Å². The van der Waals surface area contributed by atoms with Gasteiger partial charge in [0.05, 0.1) is 5.75 Å². The van der Waals surface area contributed by atoms with Gasteiger partial charge in [0.25, 0.3) is 0 Å². The first kappa shape index (κ1) is 12.6. The normalized spacial score (nSPS) is 10.2. The first-order valence-corrected chi connectivity index (χ1v) is 6.74. The molecular weight excluding hydrogens is 272 g/mol. The average molecular weight is 282 g/mol. The third kappa shape index (κ3) is 3.31. The zero-order valence-electron chi connectivity index (χ0n) is 9.16. The molecule has 0 radical (unpaired) electrons. The van der Waals surface area contributed by atoms with Crippen molar-refractivity contribution in [1.29, 1.82) is 5.41 Å². The summed E-state index contributed by atoms with van der Waals surface area (Å²) in [6.45, 7) is 0. The van der Waals surface area contributed by atoms with Gasteiger partial charge in [0.1, 0.15) is 0 Å². The summed E-state index contributed by atoms with van der Waals surface area (Å²) in [4.78, 5) is 7.78. The quantitative estimate of drug-likeness (QED) is 0.574.